The Kier molecular flexibility index (Phi) is 4.18. The molecule has 0 aliphatic carbocycles. The van der Waals surface area contributed by atoms with Crippen LogP contribution < -0.4 is 10.0 Å². The van der Waals surface area contributed by atoms with E-state index in [2.05, 4.69) is 10.0 Å². The fourth-order valence-electron chi connectivity index (χ4n) is 2.31. The summed E-state index contributed by atoms with van der Waals surface area (Å²) in [5, 5.41) is 3.24. The van der Waals surface area contributed by atoms with Gasteiger partial charge in [-0.05, 0) is 38.3 Å². The van der Waals surface area contributed by atoms with Gasteiger partial charge in [-0.2, -0.15) is 12.7 Å². The lowest BCUT2D eigenvalue weighted by Crippen LogP contribution is -2.44. The van der Waals surface area contributed by atoms with Crippen LogP contribution in [0.4, 0.5) is 0 Å². The van der Waals surface area contributed by atoms with Crippen LogP contribution in [0.2, 0.25) is 0 Å². The van der Waals surface area contributed by atoms with Crippen molar-refractivity contribution in [3.8, 4) is 0 Å². The Morgan fingerprint density at radius 2 is 2.00 bits per heavy atom. The van der Waals surface area contributed by atoms with Crippen molar-refractivity contribution in [2.45, 2.75) is 25.7 Å². The molecule has 2 heterocycles. The predicted octanol–water partition coefficient (Wildman–Crippen LogP) is -0.0838. The molecule has 0 saturated carbocycles. The van der Waals surface area contributed by atoms with Gasteiger partial charge in [0.05, 0.1) is 0 Å². The van der Waals surface area contributed by atoms with Gasteiger partial charge in [0, 0.05) is 19.6 Å². The SMILES string of the molecule is O=S(=O)(NCC1CCNC1)N1CCCCC1. The Balaban J connectivity index is 1.81. The van der Waals surface area contributed by atoms with Crippen LogP contribution in [0.5, 0.6) is 0 Å². The van der Waals surface area contributed by atoms with Crippen molar-refractivity contribution in [1.29, 1.82) is 0 Å². The molecule has 2 saturated heterocycles. The number of hydrogen-bond acceptors (Lipinski definition) is 3. The largest absolute Gasteiger partial charge is 0.316 e. The van der Waals surface area contributed by atoms with Gasteiger partial charge in [0.1, 0.15) is 0 Å². The Hall–Kier alpha value is -0.170. The van der Waals surface area contributed by atoms with Crippen molar-refractivity contribution in [1.82, 2.24) is 14.3 Å². The highest BCUT2D eigenvalue weighted by atomic mass is 32.2. The highest BCUT2D eigenvalue weighted by Gasteiger charge is 2.25. The van der Waals surface area contributed by atoms with Crippen LogP contribution in [0.25, 0.3) is 0 Å². The molecule has 1 unspecified atom stereocenters. The molecular weight excluding hydrogens is 226 g/mol. The van der Waals surface area contributed by atoms with Gasteiger partial charge >= 0.3 is 0 Å². The third kappa shape index (κ3) is 3.16. The minimum atomic E-state index is -3.22. The van der Waals surface area contributed by atoms with E-state index in [-0.39, 0.29) is 0 Å². The molecule has 2 aliphatic heterocycles. The summed E-state index contributed by atoms with van der Waals surface area (Å²) < 4.78 is 28.2. The molecular formula is C10H21N3O2S. The van der Waals surface area contributed by atoms with E-state index in [1.165, 1.54) is 0 Å². The van der Waals surface area contributed by atoms with Crippen molar-refractivity contribution in [2.24, 2.45) is 5.92 Å². The summed E-state index contributed by atoms with van der Waals surface area (Å²) in [6, 6.07) is 0. The van der Waals surface area contributed by atoms with Crippen LogP contribution in [-0.4, -0.2) is 45.4 Å². The lowest BCUT2D eigenvalue weighted by atomic mass is 10.1. The fourth-order valence-corrected chi connectivity index (χ4v) is 3.68. The summed E-state index contributed by atoms with van der Waals surface area (Å²) in [5.74, 6) is 0.458. The lowest BCUT2D eigenvalue weighted by Gasteiger charge is -2.26. The third-order valence-electron chi connectivity index (χ3n) is 3.37. The van der Waals surface area contributed by atoms with Crippen LogP contribution in [-0.2, 0) is 10.2 Å². The van der Waals surface area contributed by atoms with Crippen LogP contribution in [0.1, 0.15) is 25.7 Å². The van der Waals surface area contributed by atoms with Crippen LogP contribution in [0, 0.1) is 5.92 Å². The maximum absolute atomic E-state index is 11.9. The lowest BCUT2D eigenvalue weighted by molar-refractivity contribution is 0.340. The van der Waals surface area contributed by atoms with Gasteiger partial charge in [0.15, 0.2) is 0 Å². The van der Waals surface area contributed by atoms with E-state index in [4.69, 9.17) is 0 Å². The van der Waals surface area contributed by atoms with Gasteiger partial charge in [-0.25, -0.2) is 4.72 Å². The van der Waals surface area contributed by atoms with Gasteiger partial charge in [0.25, 0.3) is 10.2 Å². The van der Waals surface area contributed by atoms with Gasteiger partial charge in [0.2, 0.25) is 0 Å². The average Bonchev–Trinajstić information content (AvgIpc) is 2.81. The Morgan fingerprint density at radius 1 is 1.25 bits per heavy atom. The monoisotopic (exact) mass is 247 g/mol. The van der Waals surface area contributed by atoms with E-state index in [0.29, 0.717) is 25.6 Å². The van der Waals surface area contributed by atoms with Crippen LogP contribution in [0.3, 0.4) is 0 Å². The second kappa shape index (κ2) is 5.44. The second-order valence-corrected chi connectivity index (χ2v) is 6.43. The number of nitrogens with zero attached hydrogens (tertiary/aromatic N) is 1. The van der Waals surface area contributed by atoms with Crippen LogP contribution >= 0.6 is 0 Å². The zero-order chi connectivity index (χ0) is 11.4. The standard InChI is InChI=1S/C10H21N3O2S/c14-16(15,13-6-2-1-3-7-13)12-9-10-4-5-11-8-10/h10-12H,1-9H2. The molecule has 0 amide bonds. The second-order valence-electron chi connectivity index (χ2n) is 4.67. The summed E-state index contributed by atoms with van der Waals surface area (Å²) in [5.41, 5.74) is 0. The number of nitrogens with one attached hydrogen (secondary N) is 2. The predicted molar refractivity (Wildman–Crippen MR) is 63.3 cm³/mol. The molecule has 0 spiro atoms. The van der Waals surface area contributed by atoms with E-state index < -0.39 is 10.2 Å². The Bertz CT molecular complexity index is 306. The fraction of sp³-hybridized carbons (Fsp3) is 1.00. The molecule has 1 atom stereocenters. The molecule has 0 aromatic heterocycles. The van der Waals surface area contributed by atoms with E-state index >= 15 is 0 Å². The normalized spacial score (nSPS) is 28.4. The first kappa shape index (κ1) is 12.3. The number of piperidine rings is 1. The molecule has 2 N–H and O–H groups in total. The highest BCUT2D eigenvalue weighted by molar-refractivity contribution is 7.87. The van der Waals surface area contributed by atoms with Crippen molar-refractivity contribution in [3.63, 3.8) is 0 Å². The Labute approximate surface area is 97.8 Å². The van der Waals surface area contributed by atoms with Crippen LogP contribution in [0.15, 0.2) is 0 Å². The average molecular weight is 247 g/mol. The van der Waals surface area contributed by atoms with Gasteiger partial charge in [-0.1, -0.05) is 6.42 Å². The van der Waals surface area contributed by atoms with E-state index in [0.717, 1.165) is 38.8 Å². The summed E-state index contributed by atoms with van der Waals surface area (Å²) in [4.78, 5) is 0. The molecule has 16 heavy (non-hydrogen) atoms. The molecule has 2 aliphatic rings. The number of hydrogen-bond donors (Lipinski definition) is 2. The number of rotatable bonds is 4. The van der Waals surface area contributed by atoms with Crippen molar-refractivity contribution in [3.05, 3.63) is 0 Å². The topological polar surface area (TPSA) is 61.4 Å². The molecule has 0 aromatic rings. The molecule has 6 heteroatoms. The zero-order valence-electron chi connectivity index (χ0n) is 9.61. The first-order valence-electron chi connectivity index (χ1n) is 6.14. The van der Waals surface area contributed by atoms with E-state index in [1.807, 2.05) is 0 Å². The first-order chi connectivity index (χ1) is 7.68. The molecule has 2 fully saturated rings. The molecule has 0 bridgehead atoms. The first-order valence-corrected chi connectivity index (χ1v) is 7.58. The molecule has 0 radical (unpaired) electrons. The molecule has 94 valence electrons. The third-order valence-corrected chi connectivity index (χ3v) is 4.95. The summed E-state index contributed by atoms with van der Waals surface area (Å²) in [6.45, 7) is 3.88. The Morgan fingerprint density at radius 3 is 2.62 bits per heavy atom. The minimum absolute atomic E-state index is 0.458. The van der Waals surface area contributed by atoms with Gasteiger partial charge in [-0.3, -0.25) is 0 Å². The maximum Gasteiger partial charge on any atom is 0.279 e. The van der Waals surface area contributed by atoms with Gasteiger partial charge < -0.3 is 5.32 Å². The summed E-state index contributed by atoms with van der Waals surface area (Å²) >= 11 is 0. The maximum atomic E-state index is 11.9. The van der Waals surface area contributed by atoms with Gasteiger partial charge in [-0.15, -0.1) is 0 Å². The van der Waals surface area contributed by atoms with Crippen molar-refractivity contribution in [2.75, 3.05) is 32.7 Å². The van der Waals surface area contributed by atoms with E-state index in [9.17, 15) is 8.42 Å². The zero-order valence-corrected chi connectivity index (χ0v) is 10.4. The van der Waals surface area contributed by atoms with Crippen molar-refractivity contribution < 1.29 is 8.42 Å². The van der Waals surface area contributed by atoms with E-state index in [1.54, 1.807) is 4.31 Å². The highest BCUT2D eigenvalue weighted by Crippen LogP contribution is 2.13. The summed E-state index contributed by atoms with van der Waals surface area (Å²) in [6.07, 6.45) is 4.21. The molecule has 0 aromatic carbocycles. The smallest absolute Gasteiger partial charge is 0.279 e. The molecule has 5 nitrogen and oxygen atoms in total. The minimum Gasteiger partial charge on any atom is -0.316 e. The van der Waals surface area contributed by atoms with Crippen molar-refractivity contribution >= 4 is 10.2 Å². The summed E-state index contributed by atoms with van der Waals surface area (Å²) in [7, 11) is -3.22. The molecule has 2 rings (SSSR count). The quantitative estimate of drug-likeness (QED) is 0.730.